The summed E-state index contributed by atoms with van der Waals surface area (Å²) in [5.74, 6) is -0.286. The number of carbonyl (C=O) groups is 2. The lowest BCUT2D eigenvalue weighted by Crippen LogP contribution is -2.19. The molecule has 7 nitrogen and oxygen atoms in total. The molecule has 0 aliphatic carbocycles. The number of halogens is 1. The molecule has 3 aromatic carbocycles. The number of nitrogens with one attached hydrogen (secondary N) is 1. The average molecular weight is 474 g/mol. The number of benzene rings is 3. The van der Waals surface area contributed by atoms with Crippen LogP contribution in [0.2, 0.25) is 5.02 Å². The molecule has 1 N–H and O–H groups in total. The van der Waals surface area contributed by atoms with E-state index in [-0.39, 0.29) is 11.7 Å². The summed E-state index contributed by atoms with van der Waals surface area (Å²) < 4.78 is 12.6. The van der Waals surface area contributed by atoms with Gasteiger partial charge in [-0.25, -0.2) is 10.2 Å². The topological polar surface area (TPSA) is 81.9 Å². The van der Waals surface area contributed by atoms with Crippen molar-refractivity contribution in [3.63, 3.8) is 0 Å². The first-order chi connectivity index (χ1) is 16.5. The lowest BCUT2D eigenvalue weighted by Gasteiger charge is -2.10. The standard InChI is InChI=1S/C26H20ClN3O4/c1-33-24-16-18(8-13-23(24)34-26(32)19-9-11-20(27)12-10-19)17-28-29-25(31)21-6-2-3-7-22(21)30-14-4-5-15-30/h2-17H,1H3,(H,29,31)/b28-17-. The zero-order valence-electron chi connectivity index (χ0n) is 18.1. The molecule has 0 aliphatic rings. The first-order valence-electron chi connectivity index (χ1n) is 10.3. The second-order valence-corrected chi connectivity index (χ2v) is 7.55. The molecule has 1 heterocycles. The number of hydrogen-bond donors (Lipinski definition) is 1. The van der Waals surface area contributed by atoms with Crippen LogP contribution in [0, 0.1) is 0 Å². The van der Waals surface area contributed by atoms with Gasteiger partial charge < -0.3 is 14.0 Å². The number of para-hydroxylation sites is 1. The summed E-state index contributed by atoms with van der Waals surface area (Å²) in [6.45, 7) is 0. The van der Waals surface area contributed by atoms with E-state index in [2.05, 4.69) is 10.5 Å². The highest BCUT2D eigenvalue weighted by molar-refractivity contribution is 6.30. The molecule has 0 saturated heterocycles. The van der Waals surface area contributed by atoms with Crippen LogP contribution in [-0.2, 0) is 0 Å². The van der Waals surface area contributed by atoms with Gasteiger partial charge in [-0.05, 0) is 72.3 Å². The highest BCUT2D eigenvalue weighted by atomic mass is 35.5. The minimum Gasteiger partial charge on any atom is -0.493 e. The maximum Gasteiger partial charge on any atom is 0.343 e. The van der Waals surface area contributed by atoms with E-state index in [1.165, 1.54) is 13.3 Å². The van der Waals surface area contributed by atoms with Crippen molar-refractivity contribution in [1.29, 1.82) is 0 Å². The zero-order valence-corrected chi connectivity index (χ0v) is 18.9. The Kier molecular flexibility index (Phi) is 7.05. The fourth-order valence-electron chi connectivity index (χ4n) is 3.21. The molecule has 34 heavy (non-hydrogen) atoms. The molecule has 8 heteroatoms. The Labute approximate surface area is 201 Å². The molecule has 1 amide bonds. The number of esters is 1. The zero-order chi connectivity index (χ0) is 23.9. The van der Waals surface area contributed by atoms with Crippen LogP contribution in [0.1, 0.15) is 26.3 Å². The van der Waals surface area contributed by atoms with E-state index in [0.717, 1.165) is 5.69 Å². The van der Waals surface area contributed by atoms with Crippen LogP contribution < -0.4 is 14.9 Å². The van der Waals surface area contributed by atoms with Gasteiger partial charge in [-0.1, -0.05) is 23.7 Å². The molecule has 0 bridgehead atoms. The Morgan fingerprint density at radius 1 is 0.941 bits per heavy atom. The van der Waals surface area contributed by atoms with E-state index in [4.69, 9.17) is 21.1 Å². The smallest absolute Gasteiger partial charge is 0.343 e. The number of ether oxygens (including phenoxy) is 2. The lowest BCUT2D eigenvalue weighted by atomic mass is 10.1. The van der Waals surface area contributed by atoms with Gasteiger partial charge in [0.25, 0.3) is 5.91 Å². The first-order valence-corrected chi connectivity index (χ1v) is 10.6. The first kappa shape index (κ1) is 22.8. The summed E-state index contributed by atoms with van der Waals surface area (Å²) in [7, 11) is 1.47. The van der Waals surface area contributed by atoms with E-state index >= 15 is 0 Å². The molecule has 0 spiro atoms. The monoisotopic (exact) mass is 473 g/mol. The number of aromatic nitrogens is 1. The van der Waals surface area contributed by atoms with Gasteiger partial charge in [-0.2, -0.15) is 5.10 Å². The third-order valence-corrected chi connectivity index (χ3v) is 5.13. The fraction of sp³-hybridized carbons (Fsp3) is 0.0385. The number of hydrazone groups is 1. The minimum absolute atomic E-state index is 0.254. The normalized spacial score (nSPS) is 10.8. The van der Waals surface area contributed by atoms with Gasteiger partial charge in [-0.15, -0.1) is 0 Å². The van der Waals surface area contributed by atoms with Gasteiger partial charge in [0.2, 0.25) is 0 Å². The van der Waals surface area contributed by atoms with Gasteiger partial charge in [-0.3, -0.25) is 4.79 Å². The molecule has 0 atom stereocenters. The number of carbonyl (C=O) groups excluding carboxylic acids is 2. The predicted octanol–water partition coefficient (Wildman–Crippen LogP) is 5.12. The van der Waals surface area contributed by atoms with E-state index in [9.17, 15) is 9.59 Å². The molecule has 4 rings (SSSR count). The molecular weight excluding hydrogens is 454 g/mol. The summed E-state index contributed by atoms with van der Waals surface area (Å²) in [6, 6.07) is 22.3. The van der Waals surface area contributed by atoms with Crippen molar-refractivity contribution in [3.05, 3.63) is 113 Å². The quantitative estimate of drug-likeness (QED) is 0.175. The second-order valence-electron chi connectivity index (χ2n) is 7.11. The molecule has 0 saturated carbocycles. The lowest BCUT2D eigenvalue weighted by molar-refractivity contribution is 0.0729. The maximum atomic E-state index is 12.7. The summed E-state index contributed by atoms with van der Waals surface area (Å²) in [4.78, 5) is 25.1. The van der Waals surface area contributed by atoms with Gasteiger partial charge in [0.15, 0.2) is 11.5 Å². The molecule has 0 fully saturated rings. The van der Waals surface area contributed by atoms with E-state index < -0.39 is 5.97 Å². The van der Waals surface area contributed by atoms with Crippen LogP contribution in [0.3, 0.4) is 0 Å². The van der Waals surface area contributed by atoms with E-state index in [1.807, 2.05) is 41.2 Å². The van der Waals surface area contributed by atoms with Crippen molar-refractivity contribution in [2.45, 2.75) is 0 Å². The Morgan fingerprint density at radius 3 is 2.41 bits per heavy atom. The predicted molar refractivity (Wildman–Crippen MR) is 130 cm³/mol. The Hall–Kier alpha value is -4.36. The number of methoxy groups -OCH3 is 1. The van der Waals surface area contributed by atoms with Crippen LogP contribution in [-0.4, -0.2) is 29.8 Å². The second kappa shape index (κ2) is 10.5. The summed E-state index contributed by atoms with van der Waals surface area (Å²) in [6.07, 6.45) is 5.20. The van der Waals surface area contributed by atoms with Crippen molar-refractivity contribution in [2.75, 3.05) is 7.11 Å². The summed E-state index contributed by atoms with van der Waals surface area (Å²) >= 11 is 5.86. The Bertz CT molecular complexity index is 1330. The molecule has 0 radical (unpaired) electrons. The van der Waals surface area contributed by atoms with Gasteiger partial charge in [0, 0.05) is 17.4 Å². The molecule has 4 aromatic rings. The van der Waals surface area contributed by atoms with Crippen molar-refractivity contribution in [1.82, 2.24) is 9.99 Å². The van der Waals surface area contributed by atoms with Gasteiger partial charge in [0.05, 0.1) is 30.1 Å². The highest BCUT2D eigenvalue weighted by Crippen LogP contribution is 2.28. The summed E-state index contributed by atoms with van der Waals surface area (Å²) in [5.41, 5.74) is 4.77. The number of nitrogens with zero attached hydrogens (tertiary/aromatic N) is 2. The molecule has 1 aromatic heterocycles. The van der Waals surface area contributed by atoms with Crippen LogP contribution in [0.5, 0.6) is 11.5 Å². The van der Waals surface area contributed by atoms with Crippen molar-refractivity contribution >= 4 is 29.7 Å². The largest absolute Gasteiger partial charge is 0.493 e. The van der Waals surface area contributed by atoms with E-state index in [0.29, 0.717) is 27.5 Å². The molecule has 0 unspecified atom stereocenters. The Morgan fingerprint density at radius 2 is 1.68 bits per heavy atom. The van der Waals surface area contributed by atoms with Crippen LogP contribution in [0.4, 0.5) is 0 Å². The van der Waals surface area contributed by atoms with Crippen molar-refractivity contribution < 1.29 is 19.1 Å². The maximum absolute atomic E-state index is 12.7. The number of amides is 1. The Balaban J connectivity index is 1.44. The van der Waals surface area contributed by atoms with Gasteiger partial charge >= 0.3 is 5.97 Å². The summed E-state index contributed by atoms with van der Waals surface area (Å²) in [5, 5.41) is 4.58. The number of rotatable bonds is 7. The average Bonchev–Trinajstić information content (AvgIpc) is 3.40. The molecule has 170 valence electrons. The number of hydrogen-bond acceptors (Lipinski definition) is 5. The van der Waals surface area contributed by atoms with Gasteiger partial charge in [0.1, 0.15) is 0 Å². The van der Waals surface area contributed by atoms with Crippen LogP contribution >= 0.6 is 11.6 Å². The van der Waals surface area contributed by atoms with Crippen LogP contribution in [0.15, 0.2) is 96.4 Å². The third-order valence-electron chi connectivity index (χ3n) is 4.88. The fourth-order valence-corrected chi connectivity index (χ4v) is 3.33. The molecule has 0 aliphatic heterocycles. The van der Waals surface area contributed by atoms with Crippen LogP contribution in [0.25, 0.3) is 5.69 Å². The SMILES string of the molecule is COc1cc(/C=N\NC(=O)c2ccccc2-n2cccc2)ccc1OC(=O)c1ccc(Cl)cc1. The van der Waals surface area contributed by atoms with E-state index in [1.54, 1.807) is 54.6 Å². The molecular formula is C26H20ClN3O4. The highest BCUT2D eigenvalue weighted by Gasteiger charge is 2.13. The minimum atomic E-state index is -0.537. The van der Waals surface area contributed by atoms with Crippen molar-refractivity contribution in [3.8, 4) is 17.2 Å². The third kappa shape index (κ3) is 5.33. The van der Waals surface area contributed by atoms with Crippen molar-refractivity contribution in [2.24, 2.45) is 5.10 Å².